The first-order valence-electron chi connectivity index (χ1n) is 26.5. The molecule has 0 spiro atoms. The minimum Gasteiger partial charge on any atom is -0.497 e. The molecule has 3 aromatic carbocycles. The van der Waals surface area contributed by atoms with Gasteiger partial charge in [-0.25, -0.2) is 9.46 Å². The first-order chi connectivity index (χ1) is 35.0. The number of nitrogens with one attached hydrogen (secondary N) is 2. The Morgan fingerprint density at radius 3 is 1.79 bits per heavy atom. The Morgan fingerprint density at radius 2 is 1.31 bits per heavy atom. The molecule has 15 heteroatoms. The van der Waals surface area contributed by atoms with E-state index in [0.717, 1.165) is 36.0 Å². The van der Waals surface area contributed by atoms with Crippen molar-refractivity contribution in [1.29, 1.82) is 5.26 Å². The number of carbonyl (C=O) groups excluding carboxylic acids is 2. The second-order valence-electron chi connectivity index (χ2n) is 19.3. The summed E-state index contributed by atoms with van der Waals surface area (Å²) in [4.78, 5) is 27.7. The molecule has 6 atom stereocenters. The number of hydrogen-bond donors (Lipinski definition) is 2. The third kappa shape index (κ3) is 17.0. The number of unbranched alkanes of at least 4 members (excludes halogenated alkanes) is 13. The lowest BCUT2D eigenvalue weighted by Crippen LogP contribution is -2.57. The van der Waals surface area contributed by atoms with Crippen LogP contribution < -0.4 is 20.1 Å². The van der Waals surface area contributed by atoms with E-state index in [1.54, 1.807) is 26.5 Å². The van der Waals surface area contributed by atoms with Crippen LogP contribution in [0.3, 0.4) is 0 Å². The molecule has 0 aliphatic carbocycles. The van der Waals surface area contributed by atoms with Gasteiger partial charge in [0.15, 0.2) is 6.23 Å². The molecule has 396 valence electrons. The largest absolute Gasteiger partial charge is 0.497 e. The maximum atomic E-state index is 14.1. The molecule has 3 aromatic rings. The van der Waals surface area contributed by atoms with Crippen molar-refractivity contribution in [3.05, 3.63) is 108 Å². The molecule has 0 radical (unpaired) electrons. The van der Waals surface area contributed by atoms with E-state index in [1.165, 1.54) is 82.5 Å². The van der Waals surface area contributed by atoms with E-state index >= 15 is 0 Å². The fraction of sp³-hybridized carbons (Fsp3) is 0.596. The average molecular weight is 1010 g/mol. The number of nitriles is 1. The van der Waals surface area contributed by atoms with E-state index < -0.39 is 50.9 Å². The number of carbonyl (C=O) groups is 2. The van der Waals surface area contributed by atoms with E-state index in [0.29, 0.717) is 18.1 Å². The zero-order chi connectivity index (χ0) is 51.7. The first kappa shape index (κ1) is 58.3. The van der Waals surface area contributed by atoms with E-state index in [9.17, 15) is 14.9 Å². The highest BCUT2D eigenvalue weighted by molar-refractivity contribution is 7.44. The van der Waals surface area contributed by atoms with E-state index in [1.807, 2.05) is 78.9 Å². The highest BCUT2D eigenvalue weighted by Crippen LogP contribution is 2.51. The van der Waals surface area contributed by atoms with Crippen LogP contribution in [0.1, 0.15) is 155 Å². The van der Waals surface area contributed by atoms with Gasteiger partial charge in [0.25, 0.3) is 8.53 Å². The van der Waals surface area contributed by atoms with Gasteiger partial charge in [-0.1, -0.05) is 145 Å². The van der Waals surface area contributed by atoms with Crippen molar-refractivity contribution >= 4 is 20.5 Å². The molecule has 0 saturated carbocycles. The van der Waals surface area contributed by atoms with Crippen LogP contribution >= 0.6 is 8.53 Å². The van der Waals surface area contributed by atoms with Crippen LogP contribution in [-0.4, -0.2) is 98.3 Å². The molecule has 2 heterocycles. The Bertz CT molecular complexity index is 2030. The van der Waals surface area contributed by atoms with Gasteiger partial charge >= 0.3 is 6.03 Å². The average Bonchev–Trinajstić information content (AvgIpc) is 3.71. The van der Waals surface area contributed by atoms with Crippen LogP contribution in [0.25, 0.3) is 0 Å². The van der Waals surface area contributed by atoms with Crippen LogP contribution in [0.15, 0.2) is 91.1 Å². The van der Waals surface area contributed by atoms with Gasteiger partial charge in [0.2, 0.25) is 5.91 Å². The van der Waals surface area contributed by atoms with Gasteiger partial charge in [-0.2, -0.15) is 5.26 Å². The Labute approximate surface area is 432 Å². The van der Waals surface area contributed by atoms with Gasteiger partial charge < -0.3 is 43.4 Å². The lowest BCUT2D eigenvalue weighted by atomic mass is 9.80. The maximum absolute atomic E-state index is 14.1. The molecule has 2 aliphatic rings. The fourth-order valence-electron chi connectivity index (χ4n) is 9.57. The summed E-state index contributed by atoms with van der Waals surface area (Å²) >= 11 is 0. The molecule has 2 unspecified atom stereocenters. The number of rotatable bonds is 34. The summed E-state index contributed by atoms with van der Waals surface area (Å²) in [5.41, 5.74) is 1.36. The summed E-state index contributed by atoms with van der Waals surface area (Å²) in [6.07, 6.45) is 16.7. The fourth-order valence-corrected chi connectivity index (χ4v) is 11.3. The quantitative estimate of drug-likeness (QED) is 0.0334. The van der Waals surface area contributed by atoms with Crippen molar-refractivity contribution < 1.29 is 42.3 Å². The monoisotopic (exact) mass is 1010 g/mol. The van der Waals surface area contributed by atoms with Crippen molar-refractivity contribution in [2.45, 2.75) is 186 Å². The summed E-state index contributed by atoms with van der Waals surface area (Å²) in [5.74, 6) is 1.11. The molecule has 1 fully saturated rings. The smallest absolute Gasteiger partial charge is 0.325 e. The predicted molar refractivity (Wildman–Crippen MR) is 284 cm³/mol. The number of amides is 3. The molecule has 72 heavy (non-hydrogen) atoms. The van der Waals surface area contributed by atoms with E-state index in [4.69, 9.17) is 32.7 Å². The zero-order valence-corrected chi connectivity index (χ0v) is 45.3. The SMILES string of the molecule is CCCCCCCCCCCCCCCCO[C@@H]1[C@H](OP(OCCC#N)N(C(C)C)C(C)C)[C@@H](COC(c2ccccc2)(c2ccc(OC)cc2)c2ccc(OC)cc2)O[C@H]1N1C=CC(NC(C)=O)NC1=O. The zero-order valence-electron chi connectivity index (χ0n) is 44.4. The van der Waals surface area contributed by atoms with Crippen molar-refractivity contribution in [3.63, 3.8) is 0 Å². The molecule has 2 aliphatic heterocycles. The maximum Gasteiger partial charge on any atom is 0.325 e. The summed E-state index contributed by atoms with van der Waals surface area (Å²) < 4.78 is 48.7. The predicted octanol–water partition coefficient (Wildman–Crippen LogP) is 12.3. The summed E-state index contributed by atoms with van der Waals surface area (Å²) in [7, 11) is 1.47. The number of ether oxygens (including phenoxy) is 5. The number of urea groups is 1. The number of nitrogens with zero attached hydrogens (tertiary/aromatic N) is 3. The first-order valence-corrected chi connectivity index (χ1v) is 27.6. The van der Waals surface area contributed by atoms with Gasteiger partial charge in [0, 0.05) is 31.8 Å². The number of methoxy groups -OCH3 is 2. The molecular formula is C57H84N5O9P. The molecule has 14 nitrogen and oxygen atoms in total. The molecule has 1 saturated heterocycles. The highest BCUT2D eigenvalue weighted by Gasteiger charge is 2.53. The van der Waals surface area contributed by atoms with E-state index in [-0.39, 0.29) is 37.6 Å². The number of hydrogen-bond acceptors (Lipinski definition) is 11. The van der Waals surface area contributed by atoms with Crippen LogP contribution in [0.2, 0.25) is 0 Å². The summed E-state index contributed by atoms with van der Waals surface area (Å²) in [5, 5.41) is 15.3. The van der Waals surface area contributed by atoms with E-state index in [2.05, 4.69) is 56.0 Å². The molecule has 0 aromatic heterocycles. The van der Waals surface area contributed by atoms with Crippen LogP contribution in [0, 0.1) is 11.3 Å². The molecule has 0 bridgehead atoms. The van der Waals surface area contributed by atoms with Crippen molar-refractivity contribution in [2.75, 3.05) is 34.0 Å². The third-order valence-electron chi connectivity index (χ3n) is 13.2. The lowest BCUT2D eigenvalue weighted by Gasteiger charge is -2.39. The Balaban J connectivity index is 1.50. The van der Waals surface area contributed by atoms with Gasteiger partial charge in [0.05, 0.1) is 39.9 Å². The normalized spacial score (nSPS) is 19.4. The Morgan fingerprint density at radius 1 is 0.778 bits per heavy atom. The van der Waals surface area contributed by atoms with Crippen LogP contribution in [0.5, 0.6) is 11.5 Å². The standard InChI is InChI=1S/C57H84N5O9P/c1-9-10-11-12-13-14-15-16-17-18-19-20-21-25-40-67-54-53(71-72(69-41-26-38-58)62(43(2)3)44(4)5)51(70-55(54)61-39-37-52(59-45(6)63)60-56(61)64)42-68-57(46-27-23-22-24-28-46,47-29-33-49(65-7)34-30-47)48-31-35-50(66-8)36-32-48/h22-24,27-37,39,43-44,51-55H,9-21,25-26,40-42H2,1-8H3,(H,59,63)(H,60,64)/t51-,52?,53-,54-,55-,72?/m1/s1. The van der Waals surface area contributed by atoms with Gasteiger partial charge in [0.1, 0.15) is 41.6 Å². The minimum atomic E-state index is -1.81. The second-order valence-corrected chi connectivity index (χ2v) is 20.7. The lowest BCUT2D eigenvalue weighted by molar-refractivity contribution is -0.119. The molecular weight excluding hydrogens is 930 g/mol. The van der Waals surface area contributed by atoms with Gasteiger partial charge in [-0.3, -0.25) is 9.69 Å². The van der Waals surface area contributed by atoms with Gasteiger partial charge in [-0.15, -0.1) is 0 Å². The van der Waals surface area contributed by atoms with Crippen molar-refractivity contribution in [3.8, 4) is 17.6 Å². The molecule has 2 N–H and O–H groups in total. The van der Waals surface area contributed by atoms with Gasteiger partial charge in [-0.05, 0) is 81.1 Å². The molecule has 3 amide bonds. The third-order valence-corrected chi connectivity index (χ3v) is 15.3. The number of benzene rings is 3. The Kier molecular flexibility index (Phi) is 25.3. The summed E-state index contributed by atoms with van der Waals surface area (Å²) in [6, 6.07) is 27.5. The van der Waals surface area contributed by atoms with Crippen molar-refractivity contribution in [2.24, 2.45) is 0 Å². The second kappa shape index (κ2) is 31.2. The highest BCUT2D eigenvalue weighted by atomic mass is 31.2. The van der Waals surface area contributed by atoms with Crippen molar-refractivity contribution in [1.82, 2.24) is 20.2 Å². The summed E-state index contributed by atoms with van der Waals surface area (Å²) in [6.45, 7) is 12.6. The van der Waals surface area contributed by atoms with Crippen LogP contribution in [-0.2, 0) is 33.7 Å². The molecule has 5 rings (SSSR count). The van der Waals surface area contributed by atoms with Crippen LogP contribution in [0.4, 0.5) is 4.79 Å². The topological polar surface area (TPSA) is 153 Å². The minimum absolute atomic E-state index is 0.0123. The Hall–Kier alpha value is -4.58.